The SMILES string of the molecule is Cc1cc(F)ccc1Oc1nc(C(C)C)nc(NN)c1C. The van der Waals surface area contributed by atoms with Crippen LogP contribution in [0.25, 0.3) is 0 Å². The summed E-state index contributed by atoms with van der Waals surface area (Å²) in [6.45, 7) is 7.56. The van der Waals surface area contributed by atoms with Crippen LogP contribution >= 0.6 is 0 Å². The molecule has 1 heterocycles. The molecule has 5 nitrogen and oxygen atoms in total. The van der Waals surface area contributed by atoms with Crippen LogP contribution in [-0.4, -0.2) is 9.97 Å². The van der Waals surface area contributed by atoms with E-state index in [9.17, 15) is 4.39 Å². The van der Waals surface area contributed by atoms with Gasteiger partial charge in [-0.05, 0) is 37.6 Å². The van der Waals surface area contributed by atoms with Crippen LogP contribution in [0.1, 0.15) is 36.7 Å². The van der Waals surface area contributed by atoms with Crippen molar-refractivity contribution in [2.75, 3.05) is 5.43 Å². The quantitative estimate of drug-likeness (QED) is 0.666. The molecule has 1 aromatic carbocycles. The summed E-state index contributed by atoms with van der Waals surface area (Å²) in [5.74, 6) is 7.43. The number of aromatic nitrogens is 2. The molecule has 0 atom stereocenters. The summed E-state index contributed by atoms with van der Waals surface area (Å²) in [6.07, 6.45) is 0. The van der Waals surface area contributed by atoms with Crippen molar-refractivity contribution < 1.29 is 9.13 Å². The van der Waals surface area contributed by atoms with E-state index in [2.05, 4.69) is 15.4 Å². The maximum absolute atomic E-state index is 13.1. The first-order valence-electron chi connectivity index (χ1n) is 6.71. The zero-order valence-electron chi connectivity index (χ0n) is 12.6. The first kappa shape index (κ1) is 15.2. The third-order valence-corrected chi connectivity index (χ3v) is 3.12. The number of anilines is 1. The maximum Gasteiger partial charge on any atom is 0.227 e. The Balaban J connectivity index is 2.45. The van der Waals surface area contributed by atoms with E-state index in [1.807, 2.05) is 20.8 Å². The number of aryl methyl sites for hydroxylation is 1. The van der Waals surface area contributed by atoms with Gasteiger partial charge in [-0.25, -0.2) is 15.2 Å². The molecular weight excluding hydrogens is 271 g/mol. The summed E-state index contributed by atoms with van der Waals surface area (Å²) in [5, 5.41) is 0. The van der Waals surface area contributed by atoms with Crippen LogP contribution in [0.3, 0.4) is 0 Å². The normalized spacial score (nSPS) is 10.8. The Bertz CT molecular complexity index is 658. The molecule has 0 saturated heterocycles. The van der Waals surface area contributed by atoms with Crippen LogP contribution in [0.2, 0.25) is 0 Å². The lowest BCUT2D eigenvalue weighted by Gasteiger charge is -2.15. The van der Waals surface area contributed by atoms with E-state index in [-0.39, 0.29) is 11.7 Å². The van der Waals surface area contributed by atoms with Gasteiger partial charge in [0.05, 0.1) is 5.56 Å². The van der Waals surface area contributed by atoms with Gasteiger partial charge in [-0.3, -0.25) is 0 Å². The van der Waals surface area contributed by atoms with Gasteiger partial charge in [0.25, 0.3) is 0 Å². The lowest BCUT2D eigenvalue weighted by Crippen LogP contribution is -2.13. The smallest absolute Gasteiger partial charge is 0.227 e. The van der Waals surface area contributed by atoms with E-state index in [0.29, 0.717) is 34.4 Å². The van der Waals surface area contributed by atoms with Crippen molar-refractivity contribution >= 4 is 5.82 Å². The fraction of sp³-hybridized carbons (Fsp3) is 0.333. The summed E-state index contributed by atoms with van der Waals surface area (Å²) < 4.78 is 19.0. The second kappa shape index (κ2) is 6.05. The standard InChI is InChI=1S/C15H19FN4O/c1-8(2)13-18-14(20-17)10(4)15(19-13)21-12-6-5-11(16)7-9(12)3/h5-8H,17H2,1-4H3,(H,18,19,20). The van der Waals surface area contributed by atoms with E-state index < -0.39 is 0 Å². The zero-order valence-corrected chi connectivity index (χ0v) is 12.6. The first-order valence-corrected chi connectivity index (χ1v) is 6.71. The van der Waals surface area contributed by atoms with Crippen molar-refractivity contribution in [3.8, 4) is 11.6 Å². The molecule has 0 bridgehead atoms. The minimum absolute atomic E-state index is 0.134. The molecule has 0 aliphatic carbocycles. The monoisotopic (exact) mass is 290 g/mol. The predicted molar refractivity (Wildman–Crippen MR) is 79.9 cm³/mol. The van der Waals surface area contributed by atoms with Crippen molar-refractivity contribution in [2.24, 2.45) is 5.84 Å². The van der Waals surface area contributed by atoms with Gasteiger partial charge in [-0.2, -0.15) is 4.98 Å². The number of nitrogens with two attached hydrogens (primary N) is 1. The number of halogens is 1. The number of nitrogens with one attached hydrogen (secondary N) is 1. The molecule has 0 fully saturated rings. The molecule has 2 rings (SSSR count). The molecule has 112 valence electrons. The maximum atomic E-state index is 13.1. The molecule has 1 aromatic heterocycles. The van der Waals surface area contributed by atoms with Crippen molar-refractivity contribution in [3.63, 3.8) is 0 Å². The van der Waals surface area contributed by atoms with Gasteiger partial charge >= 0.3 is 0 Å². The first-order chi connectivity index (χ1) is 9.92. The summed E-state index contributed by atoms with van der Waals surface area (Å²) in [6, 6.07) is 4.35. The molecule has 0 radical (unpaired) electrons. The minimum Gasteiger partial charge on any atom is -0.438 e. The Hall–Kier alpha value is -2.21. The second-order valence-corrected chi connectivity index (χ2v) is 5.17. The largest absolute Gasteiger partial charge is 0.438 e. The number of nitrogen functional groups attached to an aromatic ring is 1. The van der Waals surface area contributed by atoms with Gasteiger partial charge in [-0.1, -0.05) is 13.8 Å². The Morgan fingerprint density at radius 2 is 1.95 bits per heavy atom. The summed E-state index contributed by atoms with van der Waals surface area (Å²) in [7, 11) is 0. The molecule has 0 amide bonds. The van der Waals surface area contributed by atoms with Crippen LogP contribution < -0.4 is 16.0 Å². The Morgan fingerprint density at radius 3 is 2.52 bits per heavy atom. The van der Waals surface area contributed by atoms with Crippen molar-refractivity contribution in [2.45, 2.75) is 33.6 Å². The molecule has 0 saturated carbocycles. The Labute approximate surface area is 123 Å². The van der Waals surface area contributed by atoms with Crippen molar-refractivity contribution in [3.05, 3.63) is 41.0 Å². The minimum atomic E-state index is -0.300. The highest BCUT2D eigenvalue weighted by molar-refractivity contribution is 5.49. The lowest BCUT2D eigenvalue weighted by atomic mass is 10.2. The van der Waals surface area contributed by atoms with Gasteiger partial charge in [0, 0.05) is 5.92 Å². The van der Waals surface area contributed by atoms with E-state index in [4.69, 9.17) is 10.6 Å². The topological polar surface area (TPSA) is 73.1 Å². The fourth-order valence-corrected chi connectivity index (χ4v) is 1.84. The van der Waals surface area contributed by atoms with Gasteiger partial charge in [0.1, 0.15) is 17.4 Å². The van der Waals surface area contributed by atoms with Gasteiger partial charge in [0.2, 0.25) is 5.88 Å². The number of ether oxygens (including phenoxy) is 1. The number of benzene rings is 1. The summed E-state index contributed by atoms with van der Waals surface area (Å²) in [4.78, 5) is 8.76. The molecular formula is C15H19FN4O. The average molecular weight is 290 g/mol. The molecule has 0 spiro atoms. The molecule has 0 aliphatic heterocycles. The highest BCUT2D eigenvalue weighted by Crippen LogP contribution is 2.30. The molecule has 21 heavy (non-hydrogen) atoms. The van der Waals surface area contributed by atoms with E-state index in [1.165, 1.54) is 12.1 Å². The van der Waals surface area contributed by atoms with Gasteiger partial charge in [-0.15, -0.1) is 0 Å². The molecule has 0 unspecified atom stereocenters. The van der Waals surface area contributed by atoms with Gasteiger partial charge in [0.15, 0.2) is 5.82 Å². The molecule has 3 N–H and O–H groups in total. The highest BCUT2D eigenvalue weighted by atomic mass is 19.1. The Kier molecular flexibility index (Phi) is 4.37. The van der Waals surface area contributed by atoms with Crippen LogP contribution in [0, 0.1) is 19.7 Å². The van der Waals surface area contributed by atoms with E-state index in [1.54, 1.807) is 13.0 Å². The van der Waals surface area contributed by atoms with Crippen LogP contribution in [-0.2, 0) is 0 Å². The van der Waals surface area contributed by atoms with Crippen molar-refractivity contribution in [1.29, 1.82) is 0 Å². The van der Waals surface area contributed by atoms with Crippen LogP contribution in [0.4, 0.5) is 10.2 Å². The summed E-state index contributed by atoms with van der Waals surface area (Å²) >= 11 is 0. The lowest BCUT2D eigenvalue weighted by molar-refractivity contribution is 0.448. The predicted octanol–water partition coefficient (Wildman–Crippen LogP) is 3.43. The molecule has 0 aliphatic rings. The number of rotatable bonds is 4. The van der Waals surface area contributed by atoms with E-state index in [0.717, 1.165) is 0 Å². The Morgan fingerprint density at radius 1 is 1.24 bits per heavy atom. The number of hydrazine groups is 1. The van der Waals surface area contributed by atoms with Crippen LogP contribution in [0.5, 0.6) is 11.6 Å². The summed E-state index contributed by atoms with van der Waals surface area (Å²) in [5.41, 5.74) is 3.94. The third kappa shape index (κ3) is 3.28. The van der Waals surface area contributed by atoms with Gasteiger partial charge < -0.3 is 10.2 Å². The van der Waals surface area contributed by atoms with Crippen LogP contribution in [0.15, 0.2) is 18.2 Å². The second-order valence-electron chi connectivity index (χ2n) is 5.17. The highest BCUT2D eigenvalue weighted by Gasteiger charge is 2.15. The number of hydrogen-bond donors (Lipinski definition) is 2. The van der Waals surface area contributed by atoms with E-state index >= 15 is 0 Å². The fourth-order valence-electron chi connectivity index (χ4n) is 1.84. The van der Waals surface area contributed by atoms with Crippen molar-refractivity contribution in [1.82, 2.24) is 9.97 Å². The molecule has 6 heteroatoms. The third-order valence-electron chi connectivity index (χ3n) is 3.12. The number of nitrogens with zero attached hydrogens (tertiary/aromatic N) is 2. The zero-order chi connectivity index (χ0) is 15.6. The average Bonchev–Trinajstić information content (AvgIpc) is 2.43. The molecule has 2 aromatic rings. The number of hydrogen-bond acceptors (Lipinski definition) is 5.